The summed E-state index contributed by atoms with van der Waals surface area (Å²) in [6.45, 7) is 4.14. The molecule has 0 spiro atoms. The number of hydrogen-bond acceptors (Lipinski definition) is 5. The minimum Gasteiger partial charge on any atom is -0.495 e. The number of nitrogens with zero attached hydrogens (tertiary/aromatic N) is 2. The topological polar surface area (TPSA) is 96.0 Å². The van der Waals surface area contributed by atoms with Gasteiger partial charge >= 0.3 is 0 Å². The van der Waals surface area contributed by atoms with Crippen LogP contribution in [0, 0.1) is 6.92 Å². The van der Waals surface area contributed by atoms with Crippen LogP contribution >= 0.6 is 11.6 Å². The molecule has 1 unspecified atom stereocenters. The van der Waals surface area contributed by atoms with Gasteiger partial charge in [-0.1, -0.05) is 60.7 Å². The van der Waals surface area contributed by atoms with Gasteiger partial charge in [0, 0.05) is 25.6 Å². The zero-order valence-electron chi connectivity index (χ0n) is 23.3. The Hall–Kier alpha value is -2.78. The Morgan fingerprint density at radius 3 is 2.36 bits per heavy atom. The van der Waals surface area contributed by atoms with Crippen molar-refractivity contribution >= 4 is 39.1 Å². The van der Waals surface area contributed by atoms with E-state index in [9.17, 15) is 18.0 Å². The Morgan fingerprint density at radius 2 is 1.77 bits per heavy atom. The van der Waals surface area contributed by atoms with Gasteiger partial charge in [0.15, 0.2) is 0 Å². The highest BCUT2D eigenvalue weighted by atomic mass is 35.5. The second-order valence-corrected chi connectivity index (χ2v) is 12.6. The Labute approximate surface area is 237 Å². The molecule has 1 fully saturated rings. The van der Waals surface area contributed by atoms with Crippen molar-refractivity contribution in [3.8, 4) is 5.75 Å². The average molecular weight is 578 g/mol. The molecule has 0 aliphatic heterocycles. The minimum absolute atomic E-state index is 0.0861. The van der Waals surface area contributed by atoms with Crippen LogP contribution in [0.25, 0.3) is 0 Å². The van der Waals surface area contributed by atoms with Crippen molar-refractivity contribution in [3.63, 3.8) is 0 Å². The quantitative estimate of drug-likeness (QED) is 0.380. The molecule has 0 aromatic heterocycles. The summed E-state index contributed by atoms with van der Waals surface area (Å²) < 4.78 is 31.5. The molecule has 0 heterocycles. The molecule has 0 bridgehead atoms. The molecular weight excluding hydrogens is 538 g/mol. The number of carbonyl (C=O) groups is 2. The van der Waals surface area contributed by atoms with Crippen molar-refractivity contribution in [1.82, 2.24) is 10.2 Å². The molecule has 214 valence electrons. The van der Waals surface area contributed by atoms with Gasteiger partial charge in [0.25, 0.3) is 0 Å². The van der Waals surface area contributed by atoms with E-state index in [1.807, 2.05) is 31.2 Å². The standard InChI is InChI=1S/C29H40ClN3O5S/c1-21-12-14-23(15-13-21)20-32(22(2)29(35)31-24-9-6-5-7-10-24)28(34)11-8-18-33(39(4,36)37)25-16-17-27(38-3)26(30)19-25/h12-17,19,22,24H,5-11,18,20H2,1-4H3,(H,31,35). The van der Waals surface area contributed by atoms with E-state index in [0.717, 1.165) is 43.1 Å². The van der Waals surface area contributed by atoms with Crippen molar-refractivity contribution in [2.24, 2.45) is 0 Å². The van der Waals surface area contributed by atoms with Gasteiger partial charge in [0.05, 0.1) is 24.1 Å². The molecule has 8 nitrogen and oxygen atoms in total. The average Bonchev–Trinajstić information content (AvgIpc) is 2.90. The summed E-state index contributed by atoms with van der Waals surface area (Å²) in [5.41, 5.74) is 2.43. The van der Waals surface area contributed by atoms with E-state index < -0.39 is 16.1 Å². The van der Waals surface area contributed by atoms with Crippen molar-refractivity contribution in [3.05, 3.63) is 58.6 Å². The molecule has 1 N–H and O–H groups in total. The fraction of sp³-hybridized carbons (Fsp3) is 0.517. The molecule has 10 heteroatoms. The van der Waals surface area contributed by atoms with E-state index in [2.05, 4.69) is 5.32 Å². The summed E-state index contributed by atoms with van der Waals surface area (Å²) in [6, 6.07) is 12.1. The second-order valence-electron chi connectivity index (χ2n) is 10.3. The lowest BCUT2D eigenvalue weighted by Gasteiger charge is -2.31. The Morgan fingerprint density at radius 1 is 1.10 bits per heavy atom. The van der Waals surface area contributed by atoms with Crippen LogP contribution in [0.5, 0.6) is 5.75 Å². The Bertz CT molecular complexity index is 1230. The number of aryl methyl sites for hydroxylation is 1. The molecule has 0 radical (unpaired) electrons. The van der Waals surface area contributed by atoms with E-state index in [0.29, 0.717) is 23.0 Å². The molecule has 0 saturated heterocycles. The van der Waals surface area contributed by atoms with Crippen LogP contribution in [0.2, 0.25) is 5.02 Å². The third-order valence-electron chi connectivity index (χ3n) is 7.17. The number of carbonyl (C=O) groups excluding carboxylic acids is 2. The van der Waals surface area contributed by atoms with E-state index in [4.69, 9.17) is 16.3 Å². The summed E-state index contributed by atoms with van der Waals surface area (Å²) in [5, 5.41) is 3.43. The van der Waals surface area contributed by atoms with Gasteiger partial charge in [-0.3, -0.25) is 13.9 Å². The predicted octanol–water partition coefficient (Wildman–Crippen LogP) is 5.07. The van der Waals surface area contributed by atoms with Crippen molar-refractivity contribution in [1.29, 1.82) is 0 Å². The maximum atomic E-state index is 13.5. The van der Waals surface area contributed by atoms with Crippen molar-refractivity contribution in [2.75, 3.05) is 24.2 Å². The lowest BCUT2D eigenvalue weighted by atomic mass is 9.95. The highest BCUT2D eigenvalue weighted by molar-refractivity contribution is 7.92. The van der Waals surface area contributed by atoms with Gasteiger partial charge in [-0.2, -0.15) is 0 Å². The molecule has 3 rings (SSSR count). The first-order chi connectivity index (χ1) is 18.5. The summed E-state index contributed by atoms with van der Waals surface area (Å²) in [7, 11) is -2.14. The highest BCUT2D eigenvalue weighted by Gasteiger charge is 2.28. The number of rotatable bonds is 12. The van der Waals surface area contributed by atoms with E-state index in [1.54, 1.807) is 24.0 Å². The first-order valence-corrected chi connectivity index (χ1v) is 15.7. The Balaban J connectivity index is 1.72. The molecule has 2 aromatic rings. The number of halogens is 1. The van der Waals surface area contributed by atoms with Gasteiger partial charge in [0.2, 0.25) is 21.8 Å². The van der Waals surface area contributed by atoms with Gasteiger partial charge in [-0.15, -0.1) is 0 Å². The first kappa shape index (κ1) is 30.8. The van der Waals surface area contributed by atoms with Gasteiger partial charge in [-0.25, -0.2) is 8.42 Å². The van der Waals surface area contributed by atoms with Crippen LogP contribution in [0.3, 0.4) is 0 Å². The summed E-state index contributed by atoms with van der Waals surface area (Å²) >= 11 is 6.23. The number of sulfonamides is 1. The number of ether oxygens (including phenoxy) is 1. The van der Waals surface area contributed by atoms with Crippen LogP contribution in [0.15, 0.2) is 42.5 Å². The molecule has 1 aliphatic rings. The number of hydrogen-bond donors (Lipinski definition) is 1. The zero-order valence-corrected chi connectivity index (χ0v) is 24.9. The van der Waals surface area contributed by atoms with Crippen LogP contribution in [0.4, 0.5) is 5.69 Å². The number of methoxy groups -OCH3 is 1. The number of nitrogens with one attached hydrogen (secondary N) is 1. The normalized spacial score (nSPS) is 14.9. The SMILES string of the molecule is COc1ccc(N(CCCC(=O)N(Cc2ccc(C)cc2)C(C)C(=O)NC2CCCCC2)S(C)(=O)=O)cc1Cl. The highest BCUT2D eigenvalue weighted by Crippen LogP contribution is 2.30. The van der Waals surface area contributed by atoms with Gasteiger partial charge in [0.1, 0.15) is 11.8 Å². The number of benzene rings is 2. The van der Waals surface area contributed by atoms with Crippen LogP contribution < -0.4 is 14.4 Å². The van der Waals surface area contributed by atoms with Crippen LogP contribution in [-0.2, 0) is 26.2 Å². The molecule has 1 saturated carbocycles. The van der Waals surface area contributed by atoms with E-state index in [1.165, 1.54) is 23.9 Å². The molecule has 1 aliphatic carbocycles. The third kappa shape index (κ3) is 8.86. The van der Waals surface area contributed by atoms with E-state index >= 15 is 0 Å². The number of amides is 2. The fourth-order valence-corrected chi connectivity index (χ4v) is 6.07. The van der Waals surface area contributed by atoms with Gasteiger partial charge in [-0.05, 0) is 56.9 Å². The summed E-state index contributed by atoms with van der Waals surface area (Å²) in [5.74, 6) is 0.0763. The summed E-state index contributed by atoms with van der Waals surface area (Å²) in [4.78, 5) is 28.3. The zero-order chi connectivity index (χ0) is 28.6. The fourth-order valence-electron chi connectivity index (χ4n) is 4.86. The van der Waals surface area contributed by atoms with Crippen LogP contribution in [-0.4, -0.2) is 57.1 Å². The molecule has 1 atom stereocenters. The maximum absolute atomic E-state index is 13.5. The van der Waals surface area contributed by atoms with E-state index in [-0.39, 0.29) is 37.2 Å². The number of anilines is 1. The molecule has 2 amide bonds. The largest absolute Gasteiger partial charge is 0.495 e. The molecule has 2 aromatic carbocycles. The lowest BCUT2D eigenvalue weighted by molar-refractivity contribution is -0.141. The minimum atomic E-state index is -3.63. The molecular formula is C29H40ClN3O5S. The lowest BCUT2D eigenvalue weighted by Crippen LogP contribution is -2.50. The summed E-state index contributed by atoms with van der Waals surface area (Å²) in [6.07, 6.45) is 6.78. The monoisotopic (exact) mass is 577 g/mol. The second kappa shape index (κ2) is 14.0. The van der Waals surface area contributed by atoms with Gasteiger partial charge < -0.3 is 15.0 Å². The maximum Gasteiger partial charge on any atom is 0.242 e. The molecule has 39 heavy (non-hydrogen) atoms. The smallest absolute Gasteiger partial charge is 0.242 e. The van der Waals surface area contributed by atoms with Crippen LogP contribution in [0.1, 0.15) is 63.0 Å². The Kier molecular flexibility index (Phi) is 11.1. The third-order valence-corrected chi connectivity index (χ3v) is 8.66. The first-order valence-electron chi connectivity index (χ1n) is 13.5. The predicted molar refractivity (Wildman–Crippen MR) is 156 cm³/mol. The van der Waals surface area contributed by atoms with Crippen molar-refractivity contribution < 1.29 is 22.7 Å². The van der Waals surface area contributed by atoms with Crippen molar-refractivity contribution in [2.45, 2.75) is 77.4 Å².